The summed E-state index contributed by atoms with van der Waals surface area (Å²) in [4.78, 5) is 8.01. The van der Waals surface area contributed by atoms with E-state index in [1.165, 1.54) is 11.1 Å². The molecule has 0 unspecified atom stereocenters. The number of rotatable bonds is 9. The van der Waals surface area contributed by atoms with E-state index in [2.05, 4.69) is 227 Å². The molecule has 9 rings (SSSR count). The molecule has 0 N–H and O–H groups in total. The smallest absolute Gasteiger partial charge is 0.0951 e. The fraction of sp³-hybridized carbons (Fsp3) is 0.542. The number of nitrogens with zero attached hydrogens (tertiary/aromatic N) is 18. The predicted octanol–water partition coefficient (Wildman–Crippen LogP) is 14.7. The fourth-order valence-electron chi connectivity index (χ4n) is 5.97. The molecule has 426 valence electrons. The van der Waals surface area contributed by atoms with Gasteiger partial charge in [-0.15, -0.1) is 10.2 Å². The maximum atomic E-state index is 4.23. The van der Waals surface area contributed by atoms with Crippen molar-refractivity contribution < 1.29 is 0 Å². The first-order chi connectivity index (χ1) is 36.2. The van der Waals surface area contributed by atoms with Crippen LogP contribution in [0.4, 0.5) is 0 Å². The summed E-state index contributed by atoms with van der Waals surface area (Å²) in [7, 11) is 0. The Bertz CT molecular complexity index is 2280. The second-order valence-corrected chi connectivity index (χ2v) is 21.2. The molecule has 9 heterocycles. The van der Waals surface area contributed by atoms with E-state index in [-0.39, 0.29) is 0 Å². The second kappa shape index (κ2) is 36.8. The summed E-state index contributed by atoms with van der Waals surface area (Å²) in [6, 6.07) is 14.7. The molecule has 0 spiro atoms. The zero-order valence-corrected chi connectivity index (χ0v) is 51.4. The first-order valence-electron chi connectivity index (χ1n) is 27.2. The third-order valence-corrected chi connectivity index (χ3v) is 10.8. The molecule has 0 amide bonds. The summed E-state index contributed by atoms with van der Waals surface area (Å²) in [5.41, 5.74) is 5.71. The lowest BCUT2D eigenvalue weighted by Gasteiger charge is -2.04. The molecule has 18 nitrogen and oxygen atoms in total. The minimum atomic E-state index is 0.422. The van der Waals surface area contributed by atoms with E-state index in [0.29, 0.717) is 54.4 Å². The quantitative estimate of drug-likeness (QED) is 0.137. The zero-order valence-electron chi connectivity index (χ0n) is 51.4. The maximum absolute atomic E-state index is 4.23. The average Bonchev–Trinajstić information content (AvgIpc) is 4.22. The van der Waals surface area contributed by atoms with Crippen LogP contribution in [0.1, 0.15) is 207 Å². The third kappa shape index (κ3) is 29.7. The molecule has 0 aromatic carbocycles. The van der Waals surface area contributed by atoms with E-state index >= 15 is 0 Å². The molecule has 0 fully saturated rings. The predicted molar refractivity (Wildman–Crippen MR) is 317 cm³/mol. The summed E-state index contributed by atoms with van der Waals surface area (Å²) < 4.78 is 18.0. The standard InChI is InChI=1S/C8H13N.3C7H12N2.C7H11N.C6H11N3.2C6H10N2.C5H9N3/c1-7(2)9-5-4-8(3)6-9;1-6(2)9-4-7(3)8-5-9;1-6(2)9-5-7(3)4-8-9;1-6(2)9-5-4-7(3)8-9;1-7(2)8-5-3-4-6-8;1-5(2)9-4-6(3)7-8-9;1-6(2)8-4-3-7-5-8;1-6(2)8-5-3-4-7-8;1-5(2)8-4-3-6-7-8/h4-7H,1-3H3;3*4-6H,1-3H3;3-7H,1-2H3;4-5H,1-3H3;2*3-6H,1-2H3;3-5H,1-2H3. The third-order valence-electron chi connectivity index (χ3n) is 10.8. The Kier molecular flexibility index (Phi) is 32.5. The van der Waals surface area contributed by atoms with Crippen LogP contribution in [0.25, 0.3) is 0 Å². The van der Waals surface area contributed by atoms with Crippen molar-refractivity contribution in [2.24, 2.45) is 0 Å². The van der Waals surface area contributed by atoms with Crippen LogP contribution in [0, 0.1) is 34.6 Å². The lowest BCUT2D eigenvalue weighted by Crippen LogP contribution is -2.00. The number of imidazole rings is 2. The van der Waals surface area contributed by atoms with Crippen LogP contribution in [0.15, 0.2) is 136 Å². The van der Waals surface area contributed by atoms with Gasteiger partial charge in [0.1, 0.15) is 0 Å². The molecule has 9 aromatic rings. The molecule has 9 aromatic heterocycles. The van der Waals surface area contributed by atoms with Gasteiger partial charge in [0.25, 0.3) is 0 Å². The van der Waals surface area contributed by atoms with Crippen molar-refractivity contribution in [2.45, 2.75) is 214 Å². The number of aromatic nitrogens is 18. The SMILES string of the molecule is CC(C)n1cccc1.CC(C)n1cccn1.CC(C)n1ccnc1.CC(C)n1ccnn1.Cc1ccn(C(C)C)c1.Cc1ccn(C(C)C)n1.Cc1cn(C(C)C)cn1.Cc1cn(C(C)C)nn1.Cc1cnn(C(C)C)c1. The summed E-state index contributed by atoms with van der Waals surface area (Å²) in [5, 5.41) is 27.6. The second-order valence-electron chi connectivity index (χ2n) is 21.2. The van der Waals surface area contributed by atoms with Gasteiger partial charge in [0.05, 0.1) is 42.1 Å². The lowest BCUT2D eigenvalue weighted by atomic mass is 10.4. The highest BCUT2D eigenvalue weighted by Crippen LogP contribution is 2.08. The first kappa shape index (κ1) is 67.9. The van der Waals surface area contributed by atoms with E-state index in [1.54, 1.807) is 23.3 Å². The van der Waals surface area contributed by atoms with Crippen molar-refractivity contribution in [3.05, 3.63) is 164 Å². The highest BCUT2D eigenvalue weighted by Gasteiger charge is 2.00. The molecule has 0 atom stereocenters. The van der Waals surface area contributed by atoms with E-state index in [0.717, 1.165) is 17.1 Å². The van der Waals surface area contributed by atoms with Crippen molar-refractivity contribution in [1.29, 1.82) is 0 Å². The van der Waals surface area contributed by atoms with Crippen LogP contribution >= 0.6 is 0 Å². The Labute approximate surface area is 463 Å². The van der Waals surface area contributed by atoms with Gasteiger partial charge in [0, 0.05) is 135 Å². The molecular weight excluding hydrogens is 961 g/mol. The van der Waals surface area contributed by atoms with Crippen LogP contribution in [0.2, 0.25) is 0 Å². The molecule has 0 saturated heterocycles. The number of hydrogen-bond acceptors (Lipinski definition) is 9. The Morgan fingerprint density at radius 3 is 1.17 bits per heavy atom. The molecule has 0 saturated carbocycles. The van der Waals surface area contributed by atoms with E-state index in [1.807, 2.05) is 133 Å². The van der Waals surface area contributed by atoms with Gasteiger partial charge in [-0.05, 0) is 201 Å². The van der Waals surface area contributed by atoms with E-state index in [4.69, 9.17) is 0 Å². The van der Waals surface area contributed by atoms with Crippen molar-refractivity contribution >= 4 is 0 Å². The largest absolute Gasteiger partial charge is 0.352 e. The van der Waals surface area contributed by atoms with Crippen LogP contribution in [0.3, 0.4) is 0 Å². The molecule has 0 aliphatic heterocycles. The highest BCUT2D eigenvalue weighted by molar-refractivity contribution is 5.07. The van der Waals surface area contributed by atoms with Crippen LogP contribution in [-0.4, -0.2) is 87.6 Å². The average molecular weight is 1060 g/mol. The topological polar surface area (TPSA) is 160 Å². The fourth-order valence-corrected chi connectivity index (χ4v) is 5.97. The monoisotopic (exact) mass is 1060 g/mol. The van der Waals surface area contributed by atoms with Gasteiger partial charge in [-0.1, -0.05) is 10.4 Å². The van der Waals surface area contributed by atoms with Crippen molar-refractivity contribution in [3.63, 3.8) is 0 Å². The number of aryl methyl sites for hydroxylation is 5. The Morgan fingerprint density at radius 2 is 0.935 bits per heavy atom. The normalized spacial score (nSPS) is 10.5. The molecule has 0 aliphatic carbocycles. The minimum Gasteiger partial charge on any atom is -0.352 e. The molecule has 0 aliphatic rings. The van der Waals surface area contributed by atoms with Crippen LogP contribution in [0.5, 0.6) is 0 Å². The summed E-state index contributed by atoms with van der Waals surface area (Å²) >= 11 is 0. The van der Waals surface area contributed by atoms with Crippen LogP contribution in [-0.2, 0) is 0 Å². The van der Waals surface area contributed by atoms with Gasteiger partial charge in [-0.3, -0.25) is 18.7 Å². The Balaban J connectivity index is 0.000000433. The molecule has 0 bridgehead atoms. The molecule has 77 heavy (non-hydrogen) atoms. The summed E-state index contributed by atoms with van der Waals surface area (Å²) in [5.74, 6) is 0. The van der Waals surface area contributed by atoms with Crippen molar-refractivity contribution in [1.82, 2.24) is 87.6 Å². The Hall–Kier alpha value is -7.11. The summed E-state index contributed by atoms with van der Waals surface area (Å²) in [6.07, 6.45) is 33.0. The minimum absolute atomic E-state index is 0.422. The van der Waals surface area contributed by atoms with Gasteiger partial charge in [0.15, 0.2) is 0 Å². The molecule has 18 heteroatoms. The zero-order chi connectivity index (χ0) is 58.2. The van der Waals surface area contributed by atoms with Crippen molar-refractivity contribution in [3.8, 4) is 0 Å². The van der Waals surface area contributed by atoms with Gasteiger partial charge >= 0.3 is 0 Å². The number of hydrogen-bond donors (Lipinski definition) is 0. The molecular formula is C59H100N18. The lowest BCUT2D eigenvalue weighted by molar-refractivity contribution is 0.514. The Morgan fingerprint density at radius 1 is 0.351 bits per heavy atom. The molecule has 0 radical (unpaired) electrons. The highest BCUT2D eigenvalue weighted by atomic mass is 15.4. The van der Waals surface area contributed by atoms with Gasteiger partial charge in [0.2, 0.25) is 0 Å². The van der Waals surface area contributed by atoms with Gasteiger partial charge in [-0.25, -0.2) is 14.6 Å². The van der Waals surface area contributed by atoms with Gasteiger partial charge in [-0.2, -0.15) is 15.3 Å². The van der Waals surface area contributed by atoms with E-state index in [9.17, 15) is 0 Å². The summed E-state index contributed by atoms with van der Waals surface area (Å²) in [6.45, 7) is 48.3. The van der Waals surface area contributed by atoms with Crippen LogP contribution < -0.4 is 0 Å². The van der Waals surface area contributed by atoms with Crippen molar-refractivity contribution in [2.75, 3.05) is 0 Å². The van der Waals surface area contributed by atoms with E-state index < -0.39 is 0 Å². The van der Waals surface area contributed by atoms with Gasteiger partial charge < -0.3 is 18.3 Å². The first-order valence-corrected chi connectivity index (χ1v) is 27.2. The maximum Gasteiger partial charge on any atom is 0.0951 e.